The van der Waals surface area contributed by atoms with Gasteiger partial charge in [0.2, 0.25) is 0 Å². The fraction of sp³-hybridized carbons (Fsp3) is 0.694. The number of phosphoric acid groups is 2. The van der Waals surface area contributed by atoms with Crippen molar-refractivity contribution < 1.29 is 81.3 Å². The number of aliphatic hydroxyl groups excluding tert-OH is 3. The van der Waals surface area contributed by atoms with Crippen LogP contribution in [0.25, 0.3) is 0 Å². The van der Waals surface area contributed by atoms with E-state index in [-0.39, 0.29) is 37.3 Å². The molecule has 2 unspecified atom stereocenters. The second-order valence-corrected chi connectivity index (χ2v) is 22.6. The molecule has 0 radical (unpaired) electrons. The molecule has 22 nitrogen and oxygen atoms in total. The standard InChI is InChI=1S/C49H82N4O18P2S/c1-4-5-6-7-8-9-10-11-12-16-19-22-27-41(39(54)26-24-28-43(55)56)74-35-38(50)48(60)69-37(32-66-44(57)29-23-20-17-14-13-15-18-21-25-36(2)3)33-67-72(62,63)71-73(64,65)68-34-40-45(58)46(59)47(70-40)53-31-30-42(51)52-49(53)61/h8-9,11-12,16,19,22,27,30-31,36-41,45-47,54,58-59H,4-7,10,13-15,17-18,20-21,23-26,28-29,32-35,50H2,1-3H3,(H,55,56)(H,62,63)(H,64,65)(H2,51,52,61)/b9-8-,12-11-,19-16+,27-22+/t37-,38+,39+,40-,41-,45-,46-,47-/m1/s1. The first-order valence-electron chi connectivity index (χ1n) is 25.4. The first-order valence-corrected chi connectivity index (χ1v) is 29.5. The number of anilines is 1. The molecule has 0 bridgehead atoms. The molecule has 1 aliphatic rings. The molecule has 74 heavy (non-hydrogen) atoms. The summed E-state index contributed by atoms with van der Waals surface area (Å²) in [7, 11) is -11.1. The van der Waals surface area contributed by atoms with Crippen molar-refractivity contribution in [2.45, 2.75) is 184 Å². The lowest BCUT2D eigenvalue weighted by atomic mass is 10.0. The lowest BCUT2D eigenvalue weighted by Crippen LogP contribution is -2.40. The van der Waals surface area contributed by atoms with Gasteiger partial charge in [0, 0.05) is 30.0 Å². The van der Waals surface area contributed by atoms with Crippen molar-refractivity contribution in [3.8, 4) is 0 Å². The van der Waals surface area contributed by atoms with E-state index in [1.807, 2.05) is 18.2 Å². The lowest BCUT2D eigenvalue weighted by molar-refractivity contribution is -0.161. The summed E-state index contributed by atoms with van der Waals surface area (Å²) in [5.41, 5.74) is 10.8. The molecule has 10 atom stereocenters. The molecule has 0 aliphatic carbocycles. The summed E-state index contributed by atoms with van der Waals surface area (Å²) in [6, 6.07) is -0.161. The first-order chi connectivity index (χ1) is 35.1. The summed E-state index contributed by atoms with van der Waals surface area (Å²) in [5.74, 6) is -2.34. The van der Waals surface area contributed by atoms with Gasteiger partial charge < -0.3 is 55.9 Å². The van der Waals surface area contributed by atoms with Crippen LogP contribution in [-0.2, 0) is 51.1 Å². The number of carboxylic acid groups (broad SMARTS) is 1. The molecule has 1 saturated heterocycles. The minimum atomic E-state index is -5.57. The van der Waals surface area contributed by atoms with Gasteiger partial charge in [-0.3, -0.25) is 28.0 Å². The lowest BCUT2D eigenvalue weighted by Gasteiger charge is -2.23. The second kappa shape index (κ2) is 37.3. The summed E-state index contributed by atoms with van der Waals surface area (Å²) in [4.78, 5) is 73.9. The van der Waals surface area contributed by atoms with E-state index in [4.69, 9.17) is 39.8 Å². The number of nitrogens with two attached hydrogens (primary N) is 2. The fourth-order valence-electron chi connectivity index (χ4n) is 7.22. The smallest absolute Gasteiger partial charge is 0.481 e. The van der Waals surface area contributed by atoms with E-state index in [1.165, 1.54) is 31.7 Å². The van der Waals surface area contributed by atoms with E-state index in [0.29, 0.717) is 12.3 Å². The zero-order chi connectivity index (χ0) is 54.9. The number of nitrogen functional groups attached to an aromatic ring is 1. The van der Waals surface area contributed by atoms with Crippen molar-refractivity contribution in [3.05, 3.63) is 71.4 Å². The van der Waals surface area contributed by atoms with Crippen LogP contribution in [0, 0.1) is 5.92 Å². The van der Waals surface area contributed by atoms with Crippen molar-refractivity contribution in [1.82, 2.24) is 9.55 Å². The van der Waals surface area contributed by atoms with Crippen LogP contribution < -0.4 is 17.2 Å². The molecule has 1 aliphatic heterocycles. The monoisotopic (exact) mass is 1110 g/mol. The number of rotatable bonds is 41. The second-order valence-electron chi connectivity index (χ2n) is 18.4. The van der Waals surface area contributed by atoms with Crippen molar-refractivity contribution in [1.29, 1.82) is 0 Å². The highest BCUT2D eigenvalue weighted by Gasteiger charge is 2.46. The van der Waals surface area contributed by atoms with Gasteiger partial charge in [0.15, 0.2) is 12.3 Å². The average molecular weight is 1110 g/mol. The predicted molar refractivity (Wildman–Crippen MR) is 280 cm³/mol. The van der Waals surface area contributed by atoms with Gasteiger partial charge in [0.1, 0.15) is 36.8 Å². The number of aromatic nitrogens is 2. The largest absolute Gasteiger partial charge is 0.481 e. The summed E-state index contributed by atoms with van der Waals surface area (Å²) in [6.07, 6.45) is 21.5. The minimum Gasteiger partial charge on any atom is -0.481 e. The predicted octanol–water partition coefficient (Wildman–Crippen LogP) is 6.95. The highest BCUT2D eigenvalue weighted by molar-refractivity contribution is 8.00. The minimum absolute atomic E-state index is 0.0230. The molecule has 1 fully saturated rings. The molecule has 422 valence electrons. The van der Waals surface area contributed by atoms with Gasteiger partial charge in [-0.1, -0.05) is 134 Å². The fourth-order valence-corrected chi connectivity index (χ4v) is 10.5. The van der Waals surface area contributed by atoms with Gasteiger partial charge in [-0.15, -0.1) is 11.8 Å². The van der Waals surface area contributed by atoms with Crippen LogP contribution in [0.2, 0.25) is 0 Å². The molecular formula is C49H82N4O18P2S. The number of thioether (sulfide) groups is 1. The highest BCUT2D eigenvalue weighted by atomic mass is 32.2. The number of ether oxygens (including phenoxy) is 3. The van der Waals surface area contributed by atoms with Gasteiger partial charge in [0.25, 0.3) is 0 Å². The molecule has 0 amide bonds. The molecule has 1 aromatic rings. The molecule has 0 spiro atoms. The number of carbonyl (C=O) groups is 3. The molecule has 1 aromatic heterocycles. The van der Waals surface area contributed by atoms with Crippen LogP contribution in [-0.4, -0.2) is 125 Å². The summed E-state index contributed by atoms with van der Waals surface area (Å²) >= 11 is 1.09. The average Bonchev–Trinajstić information content (AvgIpc) is 3.61. The Kier molecular flexibility index (Phi) is 33.5. The number of unbranched alkanes of at least 4 members (excludes halogenated alkanes) is 10. The number of aliphatic hydroxyl groups is 3. The SMILES string of the molecule is CCCCC/C=C\C\C=C/C=C/C=C/[C@@H](SC[C@H](N)C(=O)O[C@H](COC(=O)CCCCCCCCCCC(C)C)COP(=O)(O)OP(=O)(O)OC[C@H]1O[C@@H](n2ccc(N)nc2=O)[C@H](O)[C@@H]1O)[C@@H](O)CCCC(=O)O. The zero-order valence-electron chi connectivity index (χ0n) is 43.0. The Morgan fingerprint density at radius 1 is 0.865 bits per heavy atom. The molecule has 2 rings (SSSR count). The van der Waals surface area contributed by atoms with Gasteiger partial charge in [0.05, 0.1) is 19.3 Å². The Morgan fingerprint density at radius 2 is 1.54 bits per heavy atom. The van der Waals surface area contributed by atoms with E-state index in [2.05, 4.69) is 42.2 Å². The topological polar surface area (TPSA) is 349 Å². The van der Waals surface area contributed by atoms with Crippen molar-refractivity contribution in [2.75, 3.05) is 31.3 Å². The third-order valence-electron chi connectivity index (χ3n) is 11.3. The third-order valence-corrected chi connectivity index (χ3v) is 15.4. The Bertz CT molecular complexity index is 2080. The van der Waals surface area contributed by atoms with Crippen LogP contribution >= 0.6 is 27.4 Å². The normalized spacial score (nSPS) is 20.6. The van der Waals surface area contributed by atoms with E-state index < -0.39 is 107 Å². The van der Waals surface area contributed by atoms with Gasteiger partial charge in [-0.05, 0) is 50.5 Å². The van der Waals surface area contributed by atoms with Crippen molar-refractivity contribution in [3.63, 3.8) is 0 Å². The number of esters is 2. The zero-order valence-corrected chi connectivity index (χ0v) is 45.6. The van der Waals surface area contributed by atoms with Crippen LogP contribution in [0.3, 0.4) is 0 Å². The number of aliphatic carboxylic acids is 1. The summed E-state index contributed by atoms with van der Waals surface area (Å²) < 4.78 is 56.9. The molecule has 0 saturated carbocycles. The Balaban J connectivity index is 2.09. The van der Waals surface area contributed by atoms with E-state index in [9.17, 15) is 53.4 Å². The third kappa shape index (κ3) is 29.7. The summed E-state index contributed by atoms with van der Waals surface area (Å²) in [6.45, 7) is 3.84. The maximum atomic E-state index is 13.4. The Morgan fingerprint density at radius 3 is 2.22 bits per heavy atom. The quantitative estimate of drug-likeness (QED) is 0.0108. The van der Waals surface area contributed by atoms with Crippen LogP contribution in [0.15, 0.2) is 65.7 Å². The number of carboxylic acids is 1. The number of nitrogens with zero attached hydrogens (tertiary/aromatic N) is 2. The van der Waals surface area contributed by atoms with Gasteiger partial charge >= 0.3 is 39.2 Å². The van der Waals surface area contributed by atoms with E-state index in [1.54, 1.807) is 18.2 Å². The number of allylic oxidation sites excluding steroid dienone is 7. The van der Waals surface area contributed by atoms with Gasteiger partial charge in [-0.25, -0.2) is 13.9 Å². The number of phosphoric ester groups is 2. The van der Waals surface area contributed by atoms with E-state index >= 15 is 0 Å². The first kappa shape index (κ1) is 66.6. The maximum absolute atomic E-state index is 13.4. The van der Waals surface area contributed by atoms with Crippen molar-refractivity contribution >= 4 is 51.1 Å². The van der Waals surface area contributed by atoms with E-state index in [0.717, 1.165) is 80.3 Å². The van der Waals surface area contributed by atoms with Gasteiger partial charge in [-0.2, -0.15) is 9.29 Å². The maximum Gasteiger partial charge on any atom is 0.481 e. The number of carbonyl (C=O) groups excluding carboxylic acids is 2. The van der Waals surface area contributed by atoms with Crippen LogP contribution in [0.5, 0.6) is 0 Å². The molecule has 0 aromatic carbocycles. The summed E-state index contributed by atoms with van der Waals surface area (Å²) in [5, 5.41) is 40.4. The number of hydrogen-bond acceptors (Lipinski definition) is 19. The Hall–Kier alpha value is -3.54. The highest BCUT2D eigenvalue weighted by Crippen LogP contribution is 2.60. The number of hydrogen-bond donors (Lipinski definition) is 8. The van der Waals surface area contributed by atoms with Crippen LogP contribution in [0.1, 0.15) is 143 Å². The molecule has 10 N–H and O–H groups in total. The van der Waals surface area contributed by atoms with Crippen LogP contribution in [0.4, 0.5) is 5.82 Å². The molecular weight excluding hydrogens is 1030 g/mol. The van der Waals surface area contributed by atoms with Crippen molar-refractivity contribution in [2.24, 2.45) is 11.7 Å². The Labute approximate surface area is 439 Å². The molecule has 25 heteroatoms. The molecule has 2 heterocycles.